The highest BCUT2D eigenvalue weighted by molar-refractivity contribution is 7.99. The maximum absolute atomic E-state index is 11.0. The van der Waals surface area contributed by atoms with Gasteiger partial charge >= 0.3 is 6.09 Å². The molecule has 108 valence electrons. The molecule has 5 heteroatoms. The summed E-state index contributed by atoms with van der Waals surface area (Å²) in [7, 11) is 0. The van der Waals surface area contributed by atoms with E-state index in [1.807, 2.05) is 36.4 Å². The molecular weight excluding hydrogens is 306 g/mol. The van der Waals surface area contributed by atoms with Crippen molar-refractivity contribution in [1.29, 1.82) is 0 Å². The van der Waals surface area contributed by atoms with E-state index in [2.05, 4.69) is 6.07 Å². The zero-order valence-corrected chi connectivity index (χ0v) is 12.8. The van der Waals surface area contributed by atoms with Crippen LogP contribution in [-0.4, -0.2) is 11.8 Å². The Labute approximate surface area is 132 Å². The van der Waals surface area contributed by atoms with E-state index in [0.717, 1.165) is 33.8 Å². The van der Waals surface area contributed by atoms with Crippen molar-refractivity contribution in [2.75, 3.05) is 5.75 Å². The Bertz CT molecular complexity index is 690. The van der Waals surface area contributed by atoms with Crippen molar-refractivity contribution in [2.45, 2.75) is 17.4 Å². The number of amides is 1. The Morgan fingerprint density at radius 1 is 1.24 bits per heavy atom. The maximum Gasteiger partial charge on any atom is 0.405 e. The van der Waals surface area contributed by atoms with Gasteiger partial charge in [0.05, 0.1) is 0 Å². The average Bonchev–Trinajstić information content (AvgIpc) is 2.46. The summed E-state index contributed by atoms with van der Waals surface area (Å²) in [6, 6.07) is 13.9. The molecule has 2 N–H and O–H groups in total. The summed E-state index contributed by atoms with van der Waals surface area (Å²) in [5.41, 5.74) is 8.33. The number of nitrogens with two attached hydrogens (primary N) is 1. The molecule has 3 nitrogen and oxygen atoms in total. The molecule has 1 atom stereocenters. The van der Waals surface area contributed by atoms with E-state index in [0.29, 0.717) is 5.02 Å². The molecule has 0 aromatic heterocycles. The highest BCUT2D eigenvalue weighted by Crippen LogP contribution is 2.40. The number of fused-ring (bicyclic) bond motifs is 1. The smallest absolute Gasteiger partial charge is 0.405 e. The fourth-order valence-electron chi connectivity index (χ4n) is 2.47. The molecular formula is C16H14ClNO2S. The van der Waals surface area contributed by atoms with Crippen LogP contribution in [0.5, 0.6) is 0 Å². The van der Waals surface area contributed by atoms with Gasteiger partial charge in [0.25, 0.3) is 0 Å². The van der Waals surface area contributed by atoms with Crippen LogP contribution in [0.3, 0.4) is 0 Å². The molecule has 21 heavy (non-hydrogen) atoms. The number of halogens is 1. The van der Waals surface area contributed by atoms with Crippen LogP contribution < -0.4 is 5.73 Å². The van der Waals surface area contributed by atoms with Gasteiger partial charge in [-0.1, -0.05) is 35.9 Å². The predicted molar refractivity (Wildman–Crippen MR) is 85.6 cm³/mol. The molecule has 2 aromatic carbocycles. The van der Waals surface area contributed by atoms with Crippen LogP contribution in [0.2, 0.25) is 5.02 Å². The fraction of sp³-hybridized carbons (Fsp3) is 0.188. The number of thioether (sulfide) groups is 1. The van der Waals surface area contributed by atoms with E-state index in [-0.39, 0.29) is 6.10 Å². The Hall–Kier alpha value is -1.65. The van der Waals surface area contributed by atoms with E-state index < -0.39 is 6.09 Å². The molecule has 1 unspecified atom stereocenters. The Morgan fingerprint density at radius 2 is 2.05 bits per heavy atom. The normalized spacial score (nSPS) is 17.1. The number of carbonyl (C=O) groups is 1. The molecule has 0 spiro atoms. The van der Waals surface area contributed by atoms with Crippen molar-refractivity contribution in [2.24, 2.45) is 5.73 Å². The molecule has 3 rings (SSSR count). The summed E-state index contributed by atoms with van der Waals surface area (Å²) in [4.78, 5) is 12.1. The van der Waals surface area contributed by atoms with Crippen molar-refractivity contribution >= 4 is 29.5 Å². The van der Waals surface area contributed by atoms with Crippen molar-refractivity contribution in [3.63, 3.8) is 0 Å². The van der Waals surface area contributed by atoms with Gasteiger partial charge in [0.1, 0.15) is 6.10 Å². The standard InChI is InChI=1S/C16H14ClNO2S/c17-12-3-1-2-10(8-12)11-4-5-13-14(20-16(18)19)6-7-21-15(13)9-11/h1-5,8-9,14H,6-7H2,(H2,18,19). The lowest BCUT2D eigenvalue weighted by molar-refractivity contribution is 0.102. The minimum Gasteiger partial charge on any atom is -0.441 e. The molecule has 0 aliphatic carbocycles. The van der Waals surface area contributed by atoms with Gasteiger partial charge in [-0.25, -0.2) is 4.79 Å². The van der Waals surface area contributed by atoms with Gasteiger partial charge in [-0.05, 0) is 35.7 Å². The van der Waals surface area contributed by atoms with Gasteiger partial charge in [-0.15, -0.1) is 11.8 Å². The lowest BCUT2D eigenvalue weighted by Crippen LogP contribution is -2.20. The third-order valence-corrected chi connectivity index (χ3v) is 4.75. The largest absolute Gasteiger partial charge is 0.441 e. The number of primary amides is 1. The summed E-state index contributed by atoms with van der Waals surface area (Å²) >= 11 is 7.81. The first-order chi connectivity index (χ1) is 10.1. The monoisotopic (exact) mass is 319 g/mol. The van der Waals surface area contributed by atoms with Crippen LogP contribution in [0, 0.1) is 0 Å². The second-order valence-electron chi connectivity index (χ2n) is 4.83. The van der Waals surface area contributed by atoms with Gasteiger partial charge in [-0.3, -0.25) is 0 Å². The van der Waals surface area contributed by atoms with E-state index in [9.17, 15) is 4.79 Å². The van der Waals surface area contributed by atoms with Crippen LogP contribution in [0.15, 0.2) is 47.4 Å². The van der Waals surface area contributed by atoms with Crippen molar-refractivity contribution in [1.82, 2.24) is 0 Å². The lowest BCUT2D eigenvalue weighted by Gasteiger charge is -2.24. The van der Waals surface area contributed by atoms with Crippen LogP contribution in [0.1, 0.15) is 18.1 Å². The first kappa shape index (κ1) is 14.3. The molecule has 1 heterocycles. The summed E-state index contributed by atoms with van der Waals surface area (Å²) in [5.74, 6) is 0.907. The van der Waals surface area contributed by atoms with Gasteiger partial charge in [0, 0.05) is 21.2 Å². The fourth-order valence-corrected chi connectivity index (χ4v) is 3.79. The third-order valence-electron chi connectivity index (χ3n) is 3.41. The minimum atomic E-state index is -0.725. The number of benzene rings is 2. The molecule has 2 aromatic rings. The third kappa shape index (κ3) is 3.17. The first-order valence-corrected chi connectivity index (χ1v) is 7.98. The van der Waals surface area contributed by atoms with E-state index in [1.54, 1.807) is 11.8 Å². The zero-order valence-electron chi connectivity index (χ0n) is 11.2. The van der Waals surface area contributed by atoms with Crippen molar-refractivity contribution < 1.29 is 9.53 Å². The summed E-state index contributed by atoms with van der Waals surface area (Å²) in [6.07, 6.45) is -0.180. The maximum atomic E-state index is 11.0. The number of hydrogen-bond donors (Lipinski definition) is 1. The molecule has 1 aliphatic heterocycles. The quantitative estimate of drug-likeness (QED) is 0.877. The number of rotatable bonds is 2. The Balaban J connectivity index is 1.96. The van der Waals surface area contributed by atoms with E-state index in [4.69, 9.17) is 22.1 Å². The molecule has 0 bridgehead atoms. The van der Waals surface area contributed by atoms with E-state index >= 15 is 0 Å². The number of hydrogen-bond acceptors (Lipinski definition) is 3. The highest BCUT2D eigenvalue weighted by atomic mass is 35.5. The topological polar surface area (TPSA) is 52.3 Å². The molecule has 1 aliphatic rings. The number of ether oxygens (including phenoxy) is 1. The summed E-state index contributed by atoms with van der Waals surface area (Å²) in [6.45, 7) is 0. The van der Waals surface area contributed by atoms with Crippen molar-refractivity contribution in [3.8, 4) is 11.1 Å². The summed E-state index contributed by atoms with van der Waals surface area (Å²) in [5, 5.41) is 0.716. The molecule has 0 saturated heterocycles. The minimum absolute atomic E-state index is 0.243. The van der Waals surface area contributed by atoms with Gasteiger partial charge in [0.2, 0.25) is 0 Å². The second-order valence-corrected chi connectivity index (χ2v) is 6.40. The first-order valence-electron chi connectivity index (χ1n) is 6.62. The van der Waals surface area contributed by atoms with Gasteiger partial charge in [0.15, 0.2) is 0 Å². The number of carbonyl (C=O) groups excluding carboxylic acids is 1. The van der Waals surface area contributed by atoms with Crippen LogP contribution in [0.4, 0.5) is 4.79 Å². The Morgan fingerprint density at radius 3 is 2.81 bits per heavy atom. The van der Waals surface area contributed by atoms with Crippen LogP contribution in [0.25, 0.3) is 11.1 Å². The van der Waals surface area contributed by atoms with Crippen LogP contribution >= 0.6 is 23.4 Å². The zero-order chi connectivity index (χ0) is 14.8. The Kier molecular flexibility index (Phi) is 4.08. The van der Waals surface area contributed by atoms with Crippen molar-refractivity contribution in [3.05, 3.63) is 53.1 Å². The highest BCUT2D eigenvalue weighted by Gasteiger charge is 2.23. The molecule has 0 radical (unpaired) electrons. The SMILES string of the molecule is NC(=O)OC1CCSc2cc(-c3cccc(Cl)c3)ccc21. The molecule has 1 amide bonds. The lowest BCUT2D eigenvalue weighted by atomic mass is 10.0. The second kappa shape index (κ2) is 6.00. The molecule has 0 saturated carbocycles. The van der Waals surface area contributed by atoms with Gasteiger partial charge < -0.3 is 10.5 Å². The van der Waals surface area contributed by atoms with E-state index in [1.165, 1.54) is 0 Å². The van der Waals surface area contributed by atoms with Gasteiger partial charge in [-0.2, -0.15) is 0 Å². The predicted octanol–water partition coefficient (Wildman–Crippen LogP) is 4.64. The molecule has 0 fully saturated rings. The van der Waals surface area contributed by atoms with Crippen LogP contribution in [-0.2, 0) is 4.74 Å². The average molecular weight is 320 g/mol. The summed E-state index contributed by atoms with van der Waals surface area (Å²) < 4.78 is 5.19.